The van der Waals surface area contributed by atoms with Crippen LogP contribution in [-0.2, 0) is 6.54 Å². The van der Waals surface area contributed by atoms with Gasteiger partial charge in [0.1, 0.15) is 5.67 Å². The monoisotopic (exact) mass is 410 g/mol. The first-order chi connectivity index (χ1) is 14.3. The van der Waals surface area contributed by atoms with Crippen molar-refractivity contribution in [2.75, 3.05) is 12.4 Å². The molecule has 0 saturated heterocycles. The number of halogens is 1. The molecule has 7 heteroatoms. The van der Waals surface area contributed by atoms with Crippen LogP contribution >= 0.6 is 0 Å². The summed E-state index contributed by atoms with van der Waals surface area (Å²) in [5.41, 5.74) is 2.09. The van der Waals surface area contributed by atoms with Gasteiger partial charge in [0.2, 0.25) is 5.95 Å². The van der Waals surface area contributed by atoms with Crippen LogP contribution in [0, 0.1) is 5.92 Å². The molecule has 0 radical (unpaired) electrons. The van der Waals surface area contributed by atoms with E-state index in [2.05, 4.69) is 16.0 Å². The van der Waals surface area contributed by atoms with Crippen molar-refractivity contribution < 1.29 is 14.4 Å². The second kappa shape index (κ2) is 8.07. The highest BCUT2D eigenvalue weighted by Crippen LogP contribution is 2.36. The lowest BCUT2D eigenvalue weighted by molar-refractivity contribution is -0.0374. The zero-order chi connectivity index (χ0) is 21.3. The maximum absolute atomic E-state index is 14.2. The van der Waals surface area contributed by atoms with Gasteiger partial charge in [-0.3, -0.25) is 10.0 Å². The smallest absolute Gasteiger partial charge is 0.276 e. The molecule has 0 bridgehead atoms. The molecule has 0 atom stereocenters. The van der Waals surface area contributed by atoms with Gasteiger partial charge in [-0.1, -0.05) is 12.1 Å². The molecule has 2 aromatic carbocycles. The number of hydrogen-bond acceptors (Lipinski definition) is 4. The molecule has 1 heterocycles. The summed E-state index contributed by atoms with van der Waals surface area (Å²) < 4.78 is 16.4. The minimum absolute atomic E-state index is 0.399. The van der Waals surface area contributed by atoms with Gasteiger partial charge >= 0.3 is 0 Å². The van der Waals surface area contributed by atoms with Crippen molar-refractivity contribution in [1.29, 1.82) is 0 Å². The number of fused-ring (bicyclic) bond motifs is 1. The molecule has 0 unspecified atom stereocenters. The average Bonchev–Trinajstić information content (AvgIpc) is 3.06. The van der Waals surface area contributed by atoms with Crippen LogP contribution in [0.1, 0.15) is 43.0 Å². The van der Waals surface area contributed by atoms with Gasteiger partial charge in [-0.15, -0.1) is 0 Å². The van der Waals surface area contributed by atoms with Gasteiger partial charge in [-0.2, -0.15) is 0 Å². The first-order valence-corrected chi connectivity index (χ1v) is 10.3. The number of aromatic nitrogens is 2. The number of carbonyl (C=O) groups is 1. The van der Waals surface area contributed by atoms with Gasteiger partial charge in [-0.05, 0) is 74.9 Å². The molecule has 30 heavy (non-hydrogen) atoms. The van der Waals surface area contributed by atoms with Crippen LogP contribution in [-0.4, -0.2) is 38.4 Å². The predicted octanol–water partition coefficient (Wildman–Crippen LogP) is 5.16. The van der Waals surface area contributed by atoms with Crippen molar-refractivity contribution in [2.24, 2.45) is 5.92 Å². The highest BCUT2D eigenvalue weighted by Gasteiger charge is 2.31. The number of nitrogens with zero attached hydrogens (tertiary/aromatic N) is 3. The number of nitrogens with one attached hydrogen (secondary N) is 1. The Morgan fingerprint density at radius 1 is 1.23 bits per heavy atom. The van der Waals surface area contributed by atoms with Gasteiger partial charge in [0.05, 0.1) is 11.0 Å². The molecule has 1 aliphatic rings. The predicted molar refractivity (Wildman–Crippen MR) is 115 cm³/mol. The van der Waals surface area contributed by atoms with Crippen molar-refractivity contribution in [2.45, 2.75) is 44.8 Å². The van der Waals surface area contributed by atoms with Gasteiger partial charge < -0.3 is 9.88 Å². The molecule has 4 rings (SSSR count). The molecule has 6 nitrogen and oxygen atoms in total. The van der Waals surface area contributed by atoms with E-state index in [1.165, 1.54) is 7.05 Å². The molecule has 1 fully saturated rings. The molecule has 1 aliphatic carbocycles. The number of anilines is 2. The van der Waals surface area contributed by atoms with E-state index in [0.717, 1.165) is 42.1 Å². The molecule has 158 valence electrons. The molecular weight excluding hydrogens is 383 g/mol. The number of hydrogen-bond donors (Lipinski definition) is 2. The summed E-state index contributed by atoms with van der Waals surface area (Å²) in [5, 5.41) is 13.2. The molecule has 1 amide bonds. The van der Waals surface area contributed by atoms with Gasteiger partial charge in [0, 0.05) is 24.8 Å². The Labute approximate surface area is 175 Å². The third kappa shape index (κ3) is 4.31. The van der Waals surface area contributed by atoms with Crippen LogP contribution in [0.25, 0.3) is 11.0 Å². The molecule has 1 aromatic heterocycles. The highest BCUT2D eigenvalue weighted by molar-refractivity contribution is 5.93. The van der Waals surface area contributed by atoms with Crippen LogP contribution in [0.2, 0.25) is 0 Å². The normalized spacial score (nSPS) is 21.5. The standard InChI is InChI=1S/C23H27FN4O2/c1-23(24)13-11-16(12-14-23)15-28-20-6-4-3-5-19(20)26-22(28)25-18-9-7-17(8-10-18)21(29)27(2)30/h3-10,16,30H,11-15H2,1-2H3,(H,25,26). The van der Waals surface area contributed by atoms with Crippen molar-refractivity contribution in [3.8, 4) is 0 Å². The summed E-state index contributed by atoms with van der Waals surface area (Å²) in [5.74, 6) is 0.668. The first kappa shape index (κ1) is 20.3. The number of rotatable bonds is 5. The average molecular weight is 410 g/mol. The summed E-state index contributed by atoms with van der Waals surface area (Å²) in [6.45, 7) is 2.48. The van der Waals surface area contributed by atoms with Crippen LogP contribution < -0.4 is 5.32 Å². The van der Waals surface area contributed by atoms with E-state index < -0.39 is 11.6 Å². The van der Waals surface area contributed by atoms with Gasteiger partial charge in [0.15, 0.2) is 0 Å². The van der Waals surface area contributed by atoms with E-state index in [9.17, 15) is 14.4 Å². The van der Waals surface area contributed by atoms with Crippen LogP contribution in [0.5, 0.6) is 0 Å². The Bertz CT molecular complexity index is 1030. The summed E-state index contributed by atoms with van der Waals surface area (Å²) in [7, 11) is 1.30. The van der Waals surface area contributed by atoms with E-state index >= 15 is 0 Å². The molecule has 0 spiro atoms. The fraction of sp³-hybridized carbons (Fsp3) is 0.391. The second-order valence-corrected chi connectivity index (χ2v) is 8.42. The molecule has 2 N–H and O–H groups in total. The number of alkyl halides is 1. The summed E-state index contributed by atoms with van der Waals surface area (Å²) in [4.78, 5) is 16.6. The maximum Gasteiger partial charge on any atom is 0.276 e. The van der Waals surface area contributed by atoms with E-state index in [4.69, 9.17) is 4.98 Å². The lowest BCUT2D eigenvalue weighted by Gasteiger charge is -2.31. The Kier molecular flexibility index (Phi) is 5.47. The van der Waals surface area contributed by atoms with Gasteiger partial charge in [-0.25, -0.2) is 14.4 Å². The third-order valence-corrected chi connectivity index (χ3v) is 5.92. The molecule has 3 aromatic rings. The van der Waals surface area contributed by atoms with Crippen molar-refractivity contribution in [1.82, 2.24) is 14.6 Å². The highest BCUT2D eigenvalue weighted by atomic mass is 19.1. The Hall–Kier alpha value is -2.93. The molecular formula is C23H27FN4O2. The Morgan fingerprint density at radius 3 is 2.57 bits per heavy atom. The Morgan fingerprint density at radius 2 is 1.90 bits per heavy atom. The molecule has 0 aliphatic heterocycles. The summed E-state index contributed by atoms with van der Waals surface area (Å²) in [6.07, 6.45) is 2.93. The second-order valence-electron chi connectivity index (χ2n) is 8.42. The number of benzene rings is 2. The summed E-state index contributed by atoms with van der Waals surface area (Å²) >= 11 is 0. The maximum atomic E-state index is 14.2. The topological polar surface area (TPSA) is 70.4 Å². The zero-order valence-electron chi connectivity index (χ0n) is 17.3. The van der Waals surface area contributed by atoms with E-state index in [1.54, 1.807) is 31.2 Å². The summed E-state index contributed by atoms with van der Waals surface area (Å²) in [6, 6.07) is 14.9. The first-order valence-electron chi connectivity index (χ1n) is 10.3. The number of hydroxylamine groups is 2. The van der Waals surface area contributed by atoms with Crippen LogP contribution in [0.15, 0.2) is 48.5 Å². The minimum Gasteiger partial charge on any atom is -0.326 e. The van der Waals surface area contributed by atoms with Crippen molar-refractivity contribution in [3.63, 3.8) is 0 Å². The van der Waals surface area contributed by atoms with E-state index in [-0.39, 0.29) is 0 Å². The van der Waals surface area contributed by atoms with Crippen molar-refractivity contribution in [3.05, 3.63) is 54.1 Å². The largest absolute Gasteiger partial charge is 0.326 e. The van der Waals surface area contributed by atoms with Crippen LogP contribution in [0.3, 0.4) is 0 Å². The SMILES string of the molecule is CN(O)C(=O)c1ccc(Nc2nc3ccccc3n2CC2CCC(C)(F)CC2)cc1. The Balaban J connectivity index is 1.58. The lowest BCUT2D eigenvalue weighted by atomic mass is 9.81. The number of imidazole rings is 1. The number of para-hydroxylation sites is 2. The van der Waals surface area contributed by atoms with Gasteiger partial charge in [0.25, 0.3) is 5.91 Å². The van der Waals surface area contributed by atoms with Crippen LogP contribution in [0.4, 0.5) is 16.0 Å². The van der Waals surface area contributed by atoms with E-state index in [0.29, 0.717) is 29.4 Å². The number of carbonyl (C=O) groups excluding carboxylic acids is 1. The van der Waals surface area contributed by atoms with Crippen molar-refractivity contribution >= 4 is 28.6 Å². The zero-order valence-corrected chi connectivity index (χ0v) is 17.3. The fourth-order valence-corrected chi connectivity index (χ4v) is 4.09. The number of amides is 1. The lowest BCUT2D eigenvalue weighted by Crippen LogP contribution is -2.28. The molecule has 1 saturated carbocycles. The fourth-order valence-electron chi connectivity index (χ4n) is 4.09. The minimum atomic E-state index is -1.05. The quantitative estimate of drug-likeness (QED) is 0.450. The van der Waals surface area contributed by atoms with E-state index in [1.807, 2.05) is 18.2 Å². The third-order valence-electron chi connectivity index (χ3n) is 5.92.